The zero-order chi connectivity index (χ0) is 14.7. The zero-order valence-electron chi connectivity index (χ0n) is 12.4. The second-order valence-electron chi connectivity index (χ2n) is 5.53. The molecule has 0 saturated heterocycles. The lowest BCUT2D eigenvalue weighted by Crippen LogP contribution is -2.40. The highest BCUT2D eigenvalue weighted by Crippen LogP contribution is 2.44. The Labute approximate surface area is 116 Å². The zero-order valence-corrected chi connectivity index (χ0v) is 12.4. The van der Waals surface area contributed by atoms with Crippen LogP contribution in [0, 0.1) is 12.3 Å². The molecule has 0 fully saturated rings. The molecule has 1 unspecified atom stereocenters. The van der Waals surface area contributed by atoms with Crippen LogP contribution in [0.3, 0.4) is 0 Å². The third-order valence-corrected chi connectivity index (χ3v) is 3.82. The standard InChI is InChI=1S/C17H24O2/c1-7-11-16(4,5)17(18,8-2)14-9-10-15(19-6)13(3)12-14/h7-10,12,18H,1-2,11H2,3-6H3. The third kappa shape index (κ3) is 2.74. The predicted molar refractivity (Wildman–Crippen MR) is 80.4 cm³/mol. The fourth-order valence-corrected chi connectivity index (χ4v) is 2.42. The average molecular weight is 260 g/mol. The molecule has 0 bridgehead atoms. The summed E-state index contributed by atoms with van der Waals surface area (Å²) in [6.07, 6.45) is 4.13. The third-order valence-electron chi connectivity index (χ3n) is 3.82. The average Bonchev–Trinajstić information content (AvgIpc) is 2.37. The lowest BCUT2D eigenvalue weighted by molar-refractivity contribution is -0.0277. The van der Waals surface area contributed by atoms with Crippen LogP contribution in [0.2, 0.25) is 0 Å². The molecule has 0 saturated carbocycles. The topological polar surface area (TPSA) is 29.5 Å². The van der Waals surface area contributed by atoms with Crippen LogP contribution >= 0.6 is 0 Å². The Bertz CT molecular complexity index is 474. The summed E-state index contributed by atoms with van der Waals surface area (Å²) in [5.41, 5.74) is 0.345. The second-order valence-corrected chi connectivity index (χ2v) is 5.53. The molecule has 0 aromatic heterocycles. The molecule has 2 heteroatoms. The molecule has 0 heterocycles. The summed E-state index contributed by atoms with van der Waals surface area (Å²) in [5.74, 6) is 0.816. The van der Waals surface area contributed by atoms with Crippen molar-refractivity contribution in [2.24, 2.45) is 5.41 Å². The van der Waals surface area contributed by atoms with Gasteiger partial charge in [-0.15, -0.1) is 6.58 Å². The number of methoxy groups -OCH3 is 1. The van der Waals surface area contributed by atoms with E-state index in [0.717, 1.165) is 16.9 Å². The maximum atomic E-state index is 11.0. The van der Waals surface area contributed by atoms with Crippen LogP contribution in [0.5, 0.6) is 5.75 Å². The molecule has 19 heavy (non-hydrogen) atoms. The number of aryl methyl sites for hydroxylation is 1. The van der Waals surface area contributed by atoms with Crippen molar-refractivity contribution in [2.75, 3.05) is 7.11 Å². The van der Waals surface area contributed by atoms with E-state index >= 15 is 0 Å². The van der Waals surface area contributed by atoms with Gasteiger partial charge in [0.25, 0.3) is 0 Å². The largest absolute Gasteiger partial charge is 0.496 e. The molecule has 0 radical (unpaired) electrons. The molecule has 2 nitrogen and oxygen atoms in total. The number of rotatable bonds is 6. The quantitative estimate of drug-likeness (QED) is 0.784. The van der Waals surface area contributed by atoms with Crippen LogP contribution in [0.1, 0.15) is 31.4 Å². The molecule has 104 valence electrons. The Morgan fingerprint density at radius 2 is 1.95 bits per heavy atom. The fraction of sp³-hybridized carbons (Fsp3) is 0.412. The minimum atomic E-state index is -1.10. The lowest BCUT2D eigenvalue weighted by Gasteiger charge is -2.41. The highest BCUT2D eigenvalue weighted by Gasteiger charge is 2.41. The first-order valence-electron chi connectivity index (χ1n) is 6.44. The van der Waals surface area contributed by atoms with Gasteiger partial charge in [0.15, 0.2) is 0 Å². The molecule has 1 atom stereocenters. The molecule has 0 spiro atoms. The Hall–Kier alpha value is -1.54. The lowest BCUT2D eigenvalue weighted by atomic mass is 9.69. The van der Waals surface area contributed by atoms with Gasteiger partial charge in [0.2, 0.25) is 0 Å². The fourth-order valence-electron chi connectivity index (χ4n) is 2.42. The molecule has 1 aromatic rings. The highest BCUT2D eigenvalue weighted by molar-refractivity contribution is 5.41. The van der Waals surface area contributed by atoms with Gasteiger partial charge in [-0.1, -0.05) is 38.6 Å². The van der Waals surface area contributed by atoms with Gasteiger partial charge >= 0.3 is 0 Å². The molecular weight excluding hydrogens is 236 g/mol. The highest BCUT2D eigenvalue weighted by atomic mass is 16.5. The molecule has 0 aliphatic carbocycles. The van der Waals surface area contributed by atoms with Crippen molar-refractivity contribution in [1.82, 2.24) is 0 Å². The summed E-state index contributed by atoms with van der Waals surface area (Å²) >= 11 is 0. The monoisotopic (exact) mass is 260 g/mol. The van der Waals surface area contributed by atoms with E-state index in [1.165, 1.54) is 0 Å². The van der Waals surface area contributed by atoms with Crippen LogP contribution in [0.15, 0.2) is 43.5 Å². The SMILES string of the molecule is C=CCC(C)(C)C(O)(C=C)c1ccc(OC)c(C)c1. The number of benzene rings is 1. The molecular formula is C17H24O2. The normalized spacial score (nSPS) is 14.6. The van der Waals surface area contributed by atoms with E-state index in [2.05, 4.69) is 13.2 Å². The van der Waals surface area contributed by atoms with Crippen LogP contribution in [-0.2, 0) is 5.60 Å². The first-order chi connectivity index (χ1) is 8.82. The van der Waals surface area contributed by atoms with Crippen LogP contribution in [0.4, 0.5) is 0 Å². The van der Waals surface area contributed by atoms with E-state index in [9.17, 15) is 5.11 Å². The number of allylic oxidation sites excluding steroid dienone is 1. The van der Waals surface area contributed by atoms with E-state index in [1.807, 2.05) is 45.0 Å². The van der Waals surface area contributed by atoms with Gasteiger partial charge in [-0.05, 0) is 36.6 Å². The first-order valence-corrected chi connectivity index (χ1v) is 6.44. The van der Waals surface area contributed by atoms with Crippen molar-refractivity contribution in [3.05, 3.63) is 54.6 Å². The Morgan fingerprint density at radius 3 is 2.37 bits per heavy atom. The van der Waals surface area contributed by atoms with Crippen molar-refractivity contribution in [3.63, 3.8) is 0 Å². The number of aliphatic hydroxyl groups is 1. The minimum absolute atomic E-state index is 0.377. The summed E-state index contributed by atoms with van der Waals surface area (Å²) in [7, 11) is 1.64. The van der Waals surface area contributed by atoms with E-state index < -0.39 is 5.60 Å². The van der Waals surface area contributed by atoms with Gasteiger partial charge < -0.3 is 9.84 Å². The van der Waals surface area contributed by atoms with Gasteiger partial charge in [0.05, 0.1) is 7.11 Å². The summed E-state index contributed by atoms with van der Waals surface area (Å²) in [4.78, 5) is 0. The van der Waals surface area contributed by atoms with Crippen molar-refractivity contribution in [2.45, 2.75) is 32.8 Å². The van der Waals surface area contributed by atoms with Gasteiger partial charge in [0.1, 0.15) is 11.4 Å². The number of ether oxygens (including phenoxy) is 1. The van der Waals surface area contributed by atoms with Crippen LogP contribution < -0.4 is 4.74 Å². The molecule has 1 aromatic carbocycles. The van der Waals surface area contributed by atoms with Crippen LogP contribution in [0.25, 0.3) is 0 Å². The van der Waals surface area contributed by atoms with E-state index in [0.29, 0.717) is 6.42 Å². The number of hydrogen-bond acceptors (Lipinski definition) is 2. The first kappa shape index (κ1) is 15.5. The maximum Gasteiger partial charge on any atom is 0.121 e. The Morgan fingerprint density at radius 1 is 1.32 bits per heavy atom. The van der Waals surface area contributed by atoms with E-state index in [4.69, 9.17) is 4.74 Å². The molecule has 1 N–H and O–H groups in total. The van der Waals surface area contributed by atoms with Gasteiger partial charge in [-0.3, -0.25) is 0 Å². The van der Waals surface area contributed by atoms with Crippen molar-refractivity contribution in [1.29, 1.82) is 0 Å². The van der Waals surface area contributed by atoms with Gasteiger partial charge in [-0.2, -0.15) is 0 Å². The minimum Gasteiger partial charge on any atom is -0.496 e. The smallest absolute Gasteiger partial charge is 0.121 e. The van der Waals surface area contributed by atoms with Crippen molar-refractivity contribution >= 4 is 0 Å². The molecule has 1 rings (SSSR count). The van der Waals surface area contributed by atoms with Crippen molar-refractivity contribution in [3.8, 4) is 5.75 Å². The molecule has 0 amide bonds. The maximum absolute atomic E-state index is 11.0. The second kappa shape index (κ2) is 5.62. The Balaban J connectivity index is 3.33. The summed E-state index contributed by atoms with van der Waals surface area (Å²) in [5, 5.41) is 11.0. The molecule has 0 aliphatic heterocycles. The van der Waals surface area contributed by atoms with Gasteiger partial charge in [0, 0.05) is 5.41 Å². The summed E-state index contributed by atoms with van der Waals surface area (Å²) < 4.78 is 5.26. The van der Waals surface area contributed by atoms with Crippen molar-refractivity contribution < 1.29 is 9.84 Å². The van der Waals surface area contributed by atoms with Crippen LogP contribution in [-0.4, -0.2) is 12.2 Å². The Kier molecular flexibility index (Phi) is 4.59. The molecule has 0 aliphatic rings. The number of hydrogen-bond donors (Lipinski definition) is 1. The summed E-state index contributed by atoms with van der Waals surface area (Å²) in [6.45, 7) is 13.6. The summed E-state index contributed by atoms with van der Waals surface area (Å²) in [6, 6.07) is 5.72. The van der Waals surface area contributed by atoms with E-state index in [-0.39, 0.29) is 5.41 Å². The van der Waals surface area contributed by atoms with Gasteiger partial charge in [-0.25, -0.2) is 0 Å². The predicted octanol–water partition coefficient (Wildman–Crippen LogP) is 3.98. The van der Waals surface area contributed by atoms with E-state index in [1.54, 1.807) is 13.2 Å².